The van der Waals surface area contributed by atoms with Crippen LogP contribution in [0, 0.1) is 0 Å². The Balaban J connectivity index is 1.67. The van der Waals surface area contributed by atoms with Gasteiger partial charge in [0.2, 0.25) is 5.95 Å². The van der Waals surface area contributed by atoms with Gasteiger partial charge in [-0.25, -0.2) is 13.7 Å². The molecule has 0 aromatic carbocycles. The lowest BCUT2D eigenvalue weighted by Crippen LogP contribution is -2.20. The molecule has 2 aromatic rings. The molecule has 2 aromatic heterocycles. The maximum atomic E-state index is 11.9. The zero-order valence-corrected chi connectivity index (χ0v) is 17.8. The third kappa shape index (κ3) is 6.08. The number of ether oxygens (including phenoxy) is 1. The molecule has 20 heteroatoms. The molecule has 1 aliphatic heterocycles. The number of nitrogen functional groups attached to an aromatic ring is 1. The first-order valence-corrected chi connectivity index (χ1v) is 12.7. The van der Waals surface area contributed by atoms with E-state index in [1.54, 1.807) is 0 Å². The molecular formula is C11H17N4O13P3. The number of aliphatic hydroxyl groups excluding tert-OH is 1. The summed E-state index contributed by atoms with van der Waals surface area (Å²) in [6.45, 7) is -0.730. The first-order valence-electron chi connectivity index (χ1n) is 8.14. The van der Waals surface area contributed by atoms with Crippen molar-refractivity contribution in [3.05, 3.63) is 22.6 Å². The summed E-state index contributed by atoms with van der Waals surface area (Å²) in [5, 5.41) is 10.4. The van der Waals surface area contributed by atoms with Crippen molar-refractivity contribution in [1.82, 2.24) is 14.5 Å². The van der Waals surface area contributed by atoms with E-state index in [0.717, 1.165) is 0 Å². The Hall–Kier alpha value is -1.45. The molecule has 5 atom stereocenters. The summed E-state index contributed by atoms with van der Waals surface area (Å²) in [6.07, 6.45) is -2.00. The highest BCUT2D eigenvalue weighted by Gasteiger charge is 2.42. The Bertz CT molecular complexity index is 1170. The quantitative estimate of drug-likeness (QED) is 0.218. The van der Waals surface area contributed by atoms with Crippen LogP contribution in [0.1, 0.15) is 12.6 Å². The molecule has 0 radical (unpaired) electrons. The van der Waals surface area contributed by atoms with Gasteiger partial charge in [-0.15, -0.1) is 0 Å². The van der Waals surface area contributed by atoms with Gasteiger partial charge in [-0.3, -0.25) is 14.3 Å². The number of nitrogens with two attached hydrogens (primary N) is 1. The Morgan fingerprint density at radius 3 is 2.55 bits per heavy atom. The van der Waals surface area contributed by atoms with Crippen LogP contribution < -0.4 is 11.3 Å². The van der Waals surface area contributed by atoms with Gasteiger partial charge in [0.25, 0.3) is 5.56 Å². The van der Waals surface area contributed by atoms with E-state index < -0.39 is 54.1 Å². The van der Waals surface area contributed by atoms with Crippen LogP contribution in [0.4, 0.5) is 5.95 Å². The van der Waals surface area contributed by atoms with E-state index in [2.05, 4.69) is 23.1 Å². The predicted molar refractivity (Wildman–Crippen MR) is 99.1 cm³/mol. The summed E-state index contributed by atoms with van der Waals surface area (Å²) < 4.78 is 52.2. The molecule has 3 heterocycles. The summed E-state index contributed by atoms with van der Waals surface area (Å²) in [7, 11) is -16.5. The van der Waals surface area contributed by atoms with Crippen LogP contribution in [0.2, 0.25) is 0 Å². The highest BCUT2D eigenvalue weighted by atomic mass is 31.3. The lowest BCUT2D eigenvalue weighted by atomic mass is 10.2. The molecule has 1 aliphatic rings. The second kappa shape index (κ2) is 8.48. The number of aromatic amines is 1. The van der Waals surface area contributed by atoms with Crippen LogP contribution in [0.15, 0.2) is 17.1 Å². The van der Waals surface area contributed by atoms with Crippen LogP contribution in [-0.2, 0) is 31.6 Å². The number of phosphoric ester groups is 1. The molecule has 0 amide bonds. The molecule has 0 saturated carbocycles. The van der Waals surface area contributed by atoms with Crippen molar-refractivity contribution in [2.45, 2.75) is 24.9 Å². The maximum absolute atomic E-state index is 11.9. The fourth-order valence-corrected chi connectivity index (χ4v) is 5.88. The zero-order valence-electron chi connectivity index (χ0n) is 15.1. The number of aliphatic hydroxyl groups is 1. The molecule has 0 spiro atoms. The topological polar surface area (TPSA) is 266 Å². The minimum atomic E-state index is -5.65. The Labute approximate surface area is 171 Å². The van der Waals surface area contributed by atoms with Crippen LogP contribution >= 0.6 is 23.5 Å². The zero-order chi connectivity index (χ0) is 23.2. The lowest BCUT2D eigenvalue weighted by Gasteiger charge is -2.19. The third-order valence-electron chi connectivity index (χ3n) is 3.88. The van der Waals surface area contributed by atoms with Gasteiger partial charge in [0.1, 0.15) is 6.10 Å². The molecule has 0 bridgehead atoms. The average molecular weight is 506 g/mol. The smallest absolute Gasteiger partial charge is 0.388 e. The molecule has 174 valence electrons. The summed E-state index contributed by atoms with van der Waals surface area (Å²) in [4.78, 5) is 53.8. The molecule has 31 heavy (non-hydrogen) atoms. The number of nitrogens with zero attached hydrogens (tertiary/aromatic N) is 2. The minimum Gasteiger partial charge on any atom is -0.388 e. The number of anilines is 1. The van der Waals surface area contributed by atoms with Gasteiger partial charge in [-0.2, -0.15) is 13.6 Å². The number of hydrogen-bond acceptors (Lipinski definition) is 11. The van der Waals surface area contributed by atoms with E-state index in [4.69, 9.17) is 25.2 Å². The summed E-state index contributed by atoms with van der Waals surface area (Å²) in [5.74, 6) is -0.172. The second-order valence-electron chi connectivity index (χ2n) is 6.25. The first kappa shape index (κ1) is 24.2. The van der Waals surface area contributed by atoms with Crippen molar-refractivity contribution in [1.29, 1.82) is 0 Å². The van der Waals surface area contributed by atoms with Crippen LogP contribution in [-0.4, -0.2) is 58.0 Å². The van der Waals surface area contributed by atoms with Crippen molar-refractivity contribution in [3.8, 4) is 0 Å². The molecular weight excluding hydrogens is 489 g/mol. The number of fused-ring (bicyclic) bond motifs is 1. The van der Waals surface area contributed by atoms with Gasteiger partial charge >= 0.3 is 23.5 Å². The number of H-pyrrole nitrogens is 1. The first-order chi connectivity index (χ1) is 14.2. The van der Waals surface area contributed by atoms with Crippen LogP contribution in [0.25, 0.3) is 11.0 Å². The Morgan fingerprint density at radius 2 is 1.90 bits per heavy atom. The highest BCUT2D eigenvalue weighted by Crippen LogP contribution is 2.66. The second-order valence-corrected chi connectivity index (χ2v) is 10.7. The van der Waals surface area contributed by atoms with Gasteiger partial charge in [-0.05, 0) is 6.07 Å². The monoisotopic (exact) mass is 506 g/mol. The fourth-order valence-electron chi connectivity index (χ4n) is 2.83. The molecule has 8 N–H and O–H groups in total. The van der Waals surface area contributed by atoms with Gasteiger partial charge in [0.15, 0.2) is 11.9 Å². The van der Waals surface area contributed by atoms with Crippen molar-refractivity contribution < 1.29 is 56.3 Å². The van der Waals surface area contributed by atoms with E-state index in [0.29, 0.717) is 0 Å². The fraction of sp³-hybridized carbons (Fsp3) is 0.455. The van der Waals surface area contributed by atoms with E-state index in [1.165, 1.54) is 16.8 Å². The molecule has 0 aliphatic carbocycles. The van der Waals surface area contributed by atoms with Crippen LogP contribution in [0.3, 0.4) is 0 Å². The molecule has 2 unspecified atom stereocenters. The average Bonchev–Trinajstić information content (AvgIpc) is 3.12. The molecule has 3 rings (SSSR count). The van der Waals surface area contributed by atoms with E-state index in [9.17, 15) is 28.5 Å². The van der Waals surface area contributed by atoms with E-state index >= 15 is 0 Å². The molecule has 1 fully saturated rings. The van der Waals surface area contributed by atoms with Gasteiger partial charge in [0, 0.05) is 12.6 Å². The summed E-state index contributed by atoms with van der Waals surface area (Å²) in [5.41, 5.74) is 5.11. The highest BCUT2D eigenvalue weighted by molar-refractivity contribution is 7.66. The van der Waals surface area contributed by atoms with Crippen molar-refractivity contribution >= 4 is 40.4 Å². The maximum Gasteiger partial charge on any atom is 0.490 e. The number of aromatic nitrogens is 3. The van der Waals surface area contributed by atoms with E-state index in [-0.39, 0.29) is 23.4 Å². The molecule has 1 saturated heterocycles. The Kier molecular flexibility index (Phi) is 6.62. The lowest BCUT2D eigenvalue weighted by molar-refractivity contribution is -0.0478. The third-order valence-corrected chi connectivity index (χ3v) is 7.68. The van der Waals surface area contributed by atoms with Crippen molar-refractivity contribution in [2.75, 3.05) is 12.3 Å². The summed E-state index contributed by atoms with van der Waals surface area (Å²) in [6, 6.07) is 1.41. The van der Waals surface area contributed by atoms with Gasteiger partial charge in [0.05, 0.1) is 18.1 Å². The largest absolute Gasteiger partial charge is 0.490 e. The summed E-state index contributed by atoms with van der Waals surface area (Å²) >= 11 is 0. The normalized spacial score (nSPS) is 26.0. The van der Waals surface area contributed by atoms with Crippen molar-refractivity contribution in [2.24, 2.45) is 0 Å². The number of hydrogen-bond donors (Lipinski definition) is 7. The van der Waals surface area contributed by atoms with Gasteiger partial charge < -0.3 is 39.7 Å². The molecule has 17 nitrogen and oxygen atoms in total. The number of phosphoric acid groups is 3. The standard InChI is InChI=1S/C11H17N4O13P3/c12-11-13-8-6(9(17)14-11)1-2-15(8)10-7(16)3-5(26-10)4-25-30(21,22)28-31(23,24)27-29(18,19)20/h1-2,5,7,10,16H,3-4H2,(H,21,22)(H,23,24)(H2,18,19,20)(H3,12,13,14,17)/t5-,7+,10+/m0/s1. The minimum absolute atomic E-state index is 0.110. The Morgan fingerprint density at radius 1 is 1.23 bits per heavy atom. The number of nitrogens with one attached hydrogen (secondary N) is 1. The van der Waals surface area contributed by atoms with E-state index in [1.807, 2.05) is 0 Å². The van der Waals surface area contributed by atoms with Gasteiger partial charge in [-0.1, -0.05) is 0 Å². The van der Waals surface area contributed by atoms with Crippen LogP contribution in [0.5, 0.6) is 0 Å². The van der Waals surface area contributed by atoms with Crippen molar-refractivity contribution in [3.63, 3.8) is 0 Å². The predicted octanol–water partition coefficient (Wildman–Crippen LogP) is -0.702. The number of rotatable bonds is 8. The SMILES string of the molecule is Nc1nc2c(ccn2[C@@H]2O[C@H](COP(=O)(O)OP(=O)(O)OP(=O)(O)O)C[C@H]2O)c(=O)[nH]1.